The largest absolute Gasteiger partial charge is 0.482 e. The lowest BCUT2D eigenvalue weighted by Gasteiger charge is -2.23. The number of nitrogens with one attached hydrogen (secondary N) is 2. The maximum atomic E-state index is 12.2. The minimum absolute atomic E-state index is 0.0455. The molecule has 174 valence electrons. The number of anilines is 2. The highest BCUT2D eigenvalue weighted by Crippen LogP contribution is 2.36. The van der Waals surface area contributed by atoms with Crippen molar-refractivity contribution >= 4 is 29.1 Å². The van der Waals surface area contributed by atoms with E-state index in [1.165, 1.54) is 19.4 Å². The Morgan fingerprint density at radius 2 is 1.52 bits per heavy atom. The number of likely N-dealkylation sites (tertiary alicyclic amines) is 1. The third-order valence-corrected chi connectivity index (χ3v) is 6.11. The van der Waals surface area contributed by atoms with Crippen LogP contribution in [0.15, 0.2) is 36.4 Å². The van der Waals surface area contributed by atoms with Crippen LogP contribution >= 0.6 is 0 Å². The van der Waals surface area contributed by atoms with Gasteiger partial charge in [0.05, 0.1) is 17.3 Å². The van der Waals surface area contributed by atoms with Crippen LogP contribution in [0.2, 0.25) is 0 Å². The number of carbonyl (C=O) groups is 3. The normalized spacial score (nSPS) is 19.2. The van der Waals surface area contributed by atoms with Crippen LogP contribution in [-0.2, 0) is 14.4 Å². The average molecular weight is 453 g/mol. The van der Waals surface area contributed by atoms with Gasteiger partial charge in [-0.3, -0.25) is 14.4 Å². The molecule has 3 heterocycles. The predicted molar refractivity (Wildman–Crippen MR) is 123 cm³/mol. The number of hydrogen-bond acceptors (Lipinski definition) is 6. The molecular weight excluding hydrogens is 424 g/mol. The Kier molecular flexibility index (Phi) is 6.50. The molecule has 2 aromatic rings. The van der Waals surface area contributed by atoms with Crippen molar-refractivity contribution in [1.29, 1.82) is 0 Å². The van der Waals surface area contributed by atoms with Crippen molar-refractivity contribution in [3.63, 3.8) is 0 Å². The number of nitrogens with zero attached hydrogens (tertiary/aromatic N) is 1. The van der Waals surface area contributed by atoms with Crippen molar-refractivity contribution in [3.8, 4) is 11.5 Å². The van der Waals surface area contributed by atoms with Crippen LogP contribution in [0.1, 0.15) is 36.8 Å². The second-order valence-corrected chi connectivity index (χ2v) is 8.49. The zero-order valence-corrected chi connectivity index (χ0v) is 18.7. The molecular formula is C24H28N4O5. The lowest BCUT2D eigenvalue weighted by molar-refractivity contribution is -0.119. The molecule has 0 spiro atoms. The third-order valence-electron chi connectivity index (χ3n) is 6.11. The minimum atomic E-state index is -0.761. The Labute approximate surface area is 192 Å². The van der Waals surface area contributed by atoms with Gasteiger partial charge in [-0.2, -0.15) is 0 Å². The van der Waals surface area contributed by atoms with E-state index in [0.29, 0.717) is 34.0 Å². The maximum Gasteiger partial charge on any atom is 0.262 e. The maximum absolute atomic E-state index is 12.2. The van der Waals surface area contributed by atoms with E-state index >= 15 is 0 Å². The lowest BCUT2D eigenvalue weighted by atomic mass is 9.89. The Balaban J connectivity index is 0.000000318. The summed E-state index contributed by atoms with van der Waals surface area (Å²) in [4.78, 5) is 37.6. The molecule has 5 rings (SSSR count). The van der Waals surface area contributed by atoms with Gasteiger partial charge in [0, 0.05) is 6.04 Å². The zero-order chi connectivity index (χ0) is 23.5. The standard InChI is InChI=1S/C18H15N3O5.C6H13N/c19-18(24)17(9-1-3-13-11(5-9)20-15(22)7-25-13)10-2-4-14-12(6-10)21-16(23)8-26-14;1-6-4-3-5-7(6)2/h1-6,17H,7-8H2,(H2,19,24)(H,20,22)(H,21,23);6H,3-5H2,1-2H3. The van der Waals surface area contributed by atoms with Crippen LogP contribution in [0.25, 0.3) is 0 Å². The van der Waals surface area contributed by atoms with Crippen LogP contribution in [0, 0.1) is 0 Å². The van der Waals surface area contributed by atoms with E-state index in [1.54, 1.807) is 36.4 Å². The van der Waals surface area contributed by atoms with E-state index in [-0.39, 0.29) is 25.0 Å². The monoisotopic (exact) mass is 452 g/mol. The van der Waals surface area contributed by atoms with Gasteiger partial charge < -0.3 is 30.7 Å². The van der Waals surface area contributed by atoms with E-state index < -0.39 is 11.8 Å². The SMILES string of the molecule is CC1CCCN1C.NC(=O)C(c1ccc2c(c1)NC(=O)CO2)c1ccc2c(c1)NC(=O)CO2. The summed E-state index contributed by atoms with van der Waals surface area (Å²) in [5.74, 6) is -0.789. The number of amides is 3. The summed E-state index contributed by atoms with van der Waals surface area (Å²) in [6, 6.07) is 11.0. The van der Waals surface area contributed by atoms with E-state index in [9.17, 15) is 14.4 Å². The van der Waals surface area contributed by atoms with Crippen molar-refractivity contribution in [2.75, 3.05) is 37.4 Å². The summed E-state index contributed by atoms with van der Waals surface area (Å²) in [6.07, 6.45) is 2.80. The minimum Gasteiger partial charge on any atom is -0.482 e. The number of hydrogen-bond donors (Lipinski definition) is 3. The zero-order valence-electron chi connectivity index (χ0n) is 18.7. The van der Waals surface area contributed by atoms with Crippen molar-refractivity contribution in [2.24, 2.45) is 5.73 Å². The molecule has 9 heteroatoms. The molecule has 33 heavy (non-hydrogen) atoms. The molecule has 4 N–H and O–H groups in total. The van der Waals surface area contributed by atoms with E-state index in [4.69, 9.17) is 15.2 Å². The van der Waals surface area contributed by atoms with Crippen LogP contribution in [0.3, 0.4) is 0 Å². The highest BCUT2D eigenvalue weighted by Gasteiger charge is 2.26. The fraction of sp³-hybridized carbons (Fsp3) is 0.375. The number of benzene rings is 2. The second kappa shape index (κ2) is 9.50. The van der Waals surface area contributed by atoms with Gasteiger partial charge in [0.15, 0.2) is 13.2 Å². The van der Waals surface area contributed by atoms with E-state index in [0.717, 1.165) is 6.04 Å². The summed E-state index contributed by atoms with van der Waals surface area (Å²) in [7, 11) is 2.19. The van der Waals surface area contributed by atoms with Gasteiger partial charge >= 0.3 is 0 Å². The summed E-state index contributed by atoms with van der Waals surface area (Å²) in [5.41, 5.74) is 7.81. The molecule has 0 radical (unpaired) electrons. The van der Waals surface area contributed by atoms with Crippen LogP contribution < -0.4 is 25.8 Å². The molecule has 1 saturated heterocycles. The summed E-state index contributed by atoms with van der Waals surface area (Å²) in [5, 5.41) is 5.42. The Morgan fingerprint density at radius 1 is 1.00 bits per heavy atom. The van der Waals surface area contributed by atoms with Crippen molar-refractivity contribution in [2.45, 2.75) is 31.7 Å². The molecule has 0 aliphatic carbocycles. The first kappa shape index (κ1) is 22.6. The molecule has 3 amide bonds. The van der Waals surface area contributed by atoms with Gasteiger partial charge in [0.25, 0.3) is 11.8 Å². The number of rotatable bonds is 3. The highest BCUT2D eigenvalue weighted by atomic mass is 16.5. The predicted octanol–water partition coefficient (Wildman–Crippen LogP) is 2.07. The fourth-order valence-corrected chi connectivity index (χ4v) is 4.16. The smallest absolute Gasteiger partial charge is 0.262 e. The first-order chi connectivity index (χ1) is 15.8. The van der Waals surface area contributed by atoms with Gasteiger partial charge in [0.2, 0.25) is 5.91 Å². The highest BCUT2D eigenvalue weighted by molar-refractivity contribution is 5.97. The Morgan fingerprint density at radius 3 is 1.88 bits per heavy atom. The quantitative estimate of drug-likeness (QED) is 0.655. The summed E-state index contributed by atoms with van der Waals surface area (Å²) >= 11 is 0. The Hall–Kier alpha value is -3.59. The summed E-state index contributed by atoms with van der Waals surface area (Å²) in [6.45, 7) is 3.50. The van der Waals surface area contributed by atoms with Crippen LogP contribution in [-0.4, -0.2) is 55.5 Å². The molecule has 0 saturated carbocycles. The van der Waals surface area contributed by atoms with Gasteiger partial charge in [-0.1, -0.05) is 12.1 Å². The van der Waals surface area contributed by atoms with Gasteiger partial charge in [0.1, 0.15) is 11.5 Å². The second-order valence-electron chi connectivity index (χ2n) is 8.49. The molecule has 3 aliphatic heterocycles. The van der Waals surface area contributed by atoms with Gasteiger partial charge in [-0.15, -0.1) is 0 Å². The first-order valence-corrected chi connectivity index (χ1v) is 10.9. The van der Waals surface area contributed by atoms with Gasteiger partial charge in [-0.25, -0.2) is 0 Å². The number of primary amides is 1. The van der Waals surface area contributed by atoms with Crippen molar-refractivity contribution in [3.05, 3.63) is 47.5 Å². The number of ether oxygens (including phenoxy) is 2. The fourth-order valence-electron chi connectivity index (χ4n) is 4.16. The number of carbonyl (C=O) groups excluding carboxylic acids is 3. The molecule has 2 aromatic carbocycles. The first-order valence-electron chi connectivity index (χ1n) is 10.9. The van der Waals surface area contributed by atoms with E-state index in [2.05, 4.69) is 29.5 Å². The van der Waals surface area contributed by atoms with Gasteiger partial charge in [-0.05, 0) is 68.8 Å². The Bertz CT molecular complexity index is 1010. The molecule has 1 atom stereocenters. The molecule has 1 fully saturated rings. The molecule has 9 nitrogen and oxygen atoms in total. The molecule has 0 bridgehead atoms. The molecule has 1 unspecified atom stereocenters. The van der Waals surface area contributed by atoms with Crippen molar-refractivity contribution in [1.82, 2.24) is 4.90 Å². The lowest BCUT2D eigenvalue weighted by Crippen LogP contribution is -2.27. The number of nitrogens with two attached hydrogens (primary N) is 1. The molecule has 3 aliphatic rings. The average Bonchev–Trinajstić information content (AvgIpc) is 3.16. The summed E-state index contributed by atoms with van der Waals surface area (Å²) < 4.78 is 10.7. The molecule has 0 aromatic heterocycles. The topological polar surface area (TPSA) is 123 Å². The van der Waals surface area contributed by atoms with Crippen LogP contribution in [0.5, 0.6) is 11.5 Å². The third kappa shape index (κ3) is 5.09. The van der Waals surface area contributed by atoms with Crippen LogP contribution in [0.4, 0.5) is 11.4 Å². The van der Waals surface area contributed by atoms with E-state index in [1.807, 2.05) is 0 Å². The number of fused-ring (bicyclic) bond motifs is 2. The van der Waals surface area contributed by atoms with Crippen molar-refractivity contribution < 1.29 is 23.9 Å².